The van der Waals surface area contributed by atoms with Crippen molar-refractivity contribution < 1.29 is 17.6 Å². The van der Waals surface area contributed by atoms with Gasteiger partial charge in [-0.3, -0.25) is 4.79 Å². The van der Waals surface area contributed by atoms with Crippen LogP contribution in [-0.2, 0) is 10.0 Å². The van der Waals surface area contributed by atoms with Crippen molar-refractivity contribution in [1.29, 1.82) is 0 Å². The fourth-order valence-corrected chi connectivity index (χ4v) is 5.38. The van der Waals surface area contributed by atoms with Crippen LogP contribution in [0.25, 0.3) is 0 Å². The van der Waals surface area contributed by atoms with Gasteiger partial charge >= 0.3 is 0 Å². The lowest BCUT2D eigenvalue weighted by Crippen LogP contribution is -2.38. The highest BCUT2D eigenvalue weighted by molar-refractivity contribution is 7.89. The van der Waals surface area contributed by atoms with Crippen molar-refractivity contribution >= 4 is 62.1 Å². The van der Waals surface area contributed by atoms with E-state index < -0.39 is 21.0 Å². The molecule has 1 aromatic carbocycles. The van der Waals surface area contributed by atoms with Gasteiger partial charge < -0.3 is 10.2 Å². The quantitative estimate of drug-likeness (QED) is 0.426. The van der Waals surface area contributed by atoms with E-state index in [1.54, 1.807) is 17.0 Å². The van der Waals surface area contributed by atoms with Crippen LogP contribution in [-0.4, -0.2) is 42.3 Å². The van der Waals surface area contributed by atoms with Gasteiger partial charge in [-0.05, 0) is 48.6 Å². The van der Waals surface area contributed by atoms with Gasteiger partial charge in [-0.2, -0.15) is 0 Å². The van der Waals surface area contributed by atoms with Crippen LogP contribution >= 0.6 is 34.8 Å². The van der Waals surface area contributed by atoms with Gasteiger partial charge in [0.25, 0.3) is 15.9 Å². The number of piperidine rings is 1. The molecule has 1 aliphatic heterocycles. The molecule has 13 heteroatoms. The number of nitrogens with zero attached hydrogens (tertiary/aromatic N) is 3. The van der Waals surface area contributed by atoms with E-state index in [-0.39, 0.29) is 44.0 Å². The van der Waals surface area contributed by atoms with Crippen molar-refractivity contribution in [3.05, 3.63) is 74.9 Å². The number of primary sulfonamides is 1. The minimum absolute atomic E-state index is 0.0129. The Morgan fingerprint density at radius 2 is 1.74 bits per heavy atom. The number of rotatable bonds is 5. The number of aromatic nitrogens is 2. The fourth-order valence-electron chi connectivity index (χ4n) is 3.91. The summed E-state index contributed by atoms with van der Waals surface area (Å²) in [6.45, 7) is 0.857. The van der Waals surface area contributed by atoms with Gasteiger partial charge in [0.15, 0.2) is 10.2 Å². The molecule has 0 aliphatic carbocycles. The highest BCUT2D eigenvalue weighted by Crippen LogP contribution is 2.36. The van der Waals surface area contributed by atoms with E-state index in [1.807, 2.05) is 0 Å². The van der Waals surface area contributed by atoms with Gasteiger partial charge in [0.1, 0.15) is 16.0 Å². The molecule has 3 N–H and O–H groups in total. The first-order chi connectivity index (χ1) is 16.5. The number of likely N-dealkylation sites (tertiary alicyclic amines) is 1. The average molecular weight is 559 g/mol. The predicted molar refractivity (Wildman–Crippen MR) is 132 cm³/mol. The lowest BCUT2D eigenvalue weighted by atomic mass is 9.89. The normalized spacial score (nSPS) is 14.7. The summed E-state index contributed by atoms with van der Waals surface area (Å²) in [5, 5.41) is 7.31. The smallest absolute Gasteiger partial charge is 0.257 e. The molecule has 1 fully saturated rings. The Balaban J connectivity index is 1.63. The van der Waals surface area contributed by atoms with Crippen molar-refractivity contribution in [2.45, 2.75) is 23.8 Å². The molecule has 184 valence electrons. The molecule has 1 saturated heterocycles. The maximum absolute atomic E-state index is 13.4. The van der Waals surface area contributed by atoms with Crippen molar-refractivity contribution in [3.8, 4) is 0 Å². The molecule has 4 rings (SSSR count). The number of sulfonamides is 1. The minimum atomic E-state index is -4.28. The van der Waals surface area contributed by atoms with Crippen LogP contribution in [0.1, 0.15) is 34.7 Å². The summed E-state index contributed by atoms with van der Waals surface area (Å²) in [6.07, 6.45) is 2.45. The zero-order valence-electron chi connectivity index (χ0n) is 18.0. The number of amides is 1. The molecule has 0 spiro atoms. The summed E-state index contributed by atoms with van der Waals surface area (Å²) in [5.74, 6) is -0.522. The van der Waals surface area contributed by atoms with Crippen LogP contribution < -0.4 is 10.5 Å². The van der Waals surface area contributed by atoms with Gasteiger partial charge in [0.2, 0.25) is 0 Å². The molecular weight excluding hydrogens is 540 g/mol. The van der Waals surface area contributed by atoms with E-state index in [9.17, 15) is 17.6 Å². The van der Waals surface area contributed by atoms with E-state index in [1.165, 1.54) is 24.3 Å². The molecule has 0 bridgehead atoms. The Morgan fingerprint density at radius 3 is 2.34 bits per heavy atom. The average Bonchev–Trinajstić information content (AvgIpc) is 2.81. The zero-order valence-corrected chi connectivity index (χ0v) is 21.1. The Labute approximate surface area is 216 Å². The molecule has 0 unspecified atom stereocenters. The molecule has 0 saturated carbocycles. The highest BCUT2D eigenvalue weighted by Gasteiger charge is 2.29. The van der Waals surface area contributed by atoms with Crippen LogP contribution in [0.3, 0.4) is 0 Å². The first kappa shape index (κ1) is 25.6. The number of hydrogen-bond donors (Lipinski definition) is 2. The van der Waals surface area contributed by atoms with Gasteiger partial charge in [0.05, 0.1) is 16.9 Å². The summed E-state index contributed by atoms with van der Waals surface area (Å²) >= 11 is 18.4. The van der Waals surface area contributed by atoms with Crippen LogP contribution in [0, 0.1) is 5.82 Å². The van der Waals surface area contributed by atoms with Crippen molar-refractivity contribution in [1.82, 2.24) is 14.9 Å². The highest BCUT2D eigenvalue weighted by atomic mass is 35.5. The number of benzene rings is 1. The number of pyridine rings is 2. The van der Waals surface area contributed by atoms with Gasteiger partial charge in [-0.25, -0.2) is 27.9 Å². The monoisotopic (exact) mass is 557 g/mol. The summed E-state index contributed by atoms with van der Waals surface area (Å²) in [4.78, 5) is 22.8. The van der Waals surface area contributed by atoms with Crippen LogP contribution in [0.2, 0.25) is 15.3 Å². The number of anilines is 2. The summed E-state index contributed by atoms with van der Waals surface area (Å²) in [6, 6.07) is 9.31. The Hall–Kier alpha value is -2.50. The molecule has 3 aromatic rings. The first-order valence-corrected chi connectivity index (χ1v) is 13.1. The van der Waals surface area contributed by atoms with Crippen LogP contribution in [0.15, 0.2) is 47.6 Å². The Morgan fingerprint density at radius 1 is 1.09 bits per heavy atom. The summed E-state index contributed by atoms with van der Waals surface area (Å²) in [5.41, 5.74) is 1.26. The lowest BCUT2D eigenvalue weighted by Gasteiger charge is -2.32. The maximum Gasteiger partial charge on any atom is 0.257 e. The second-order valence-corrected chi connectivity index (χ2v) is 10.5. The molecule has 3 heterocycles. The van der Waals surface area contributed by atoms with E-state index in [0.717, 1.165) is 11.8 Å². The van der Waals surface area contributed by atoms with E-state index in [2.05, 4.69) is 15.3 Å². The van der Waals surface area contributed by atoms with E-state index in [0.29, 0.717) is 25.9 Å². The summed E-state index contributed by atoms with van der Waals surface area (Å²) in [7, 11) is -4.28. The van der Waals surface area contributed by atoms with Gasteiger partial charge in [-0.1, -0.05) is 46.9 Å². The minimum Gasteiger partial charge on any atom is -0.351 e. The fraction of sp³-hybridized carbons (Fsp3) is 0.227. The summed E-state index contributed by atoms with van der Waals surface area (Å²) < 4.78 is 37.2. The molecule has 0 atom stereocenters. The zero-order chi connectivity index (χ0) is 25.3. The van der Waals surface area contributed by atoms with Gasteiger partial charge in [-0.15, -0.1) is 0 Å². The van der Waals surface area contributed by atoms with Crippen molar-refractivity contribution in [2.75, 3.05) is 18.4 Å². The number of halogens is 4. The largest absolute Gasteiger partial charge is 0.351 e. The topological polar surface area (TPSA) is 118 Å². The molecule has 0 radical (unpaired) electrons. The van der Waals surface area contributed by atoms with Crippen LogP contribution in [0.5, 0.6) is 0 Å². The third kappa shape index (κ3) is 5.68. The molecule has 8 nitrogen and oxygen atoms in total. The lowest BCUT2D eigenvalue weighted by molar-refractivity contribution is 0.0713. The number of carbonyl (C=O) groups is 1. The maximum atomic E-state index is 13.4. The predicted octanol–water partition coefficient (Wildman–Crippen LogP) is 4.99. The molecular formula is C22H19Cl3FN5O3S. The molecule has 35 heavy (non-hydrogen) atoms. The number of hydrogen-bond acceptors (Lipinski definition) is 6. The Bertz CT molecular complexity index is 1380. The number of nitrogens with two attached hydrogens (primary N) is 1. The van der Waals surface area contributed by atoms with Crippen LogP contribution in [0.4, 0.5) is 15.8 Å². The molecule has 1 aliphatic rings. The third-order valence-electron chi connectivity index (χ3n) is 5.69. The van der Waals surface area contributed by atoms with Crippen molar-refractivity contribution in [2.24, 2.45) is 5.14 Å². The van der Waals surface area contributed by atoms with Gasteiger partial charge in [0, 0.05) is 19.3 Å². The van der Waals surface area contributed by atoms with E-state index >= 15 is 0 Å². The number of nitrogens with one attached hydrogen (secondary N) is 1. The standard InChI is InChI=1S/C22H19Cl3FN5O3S/c23-17-6-5-16(20(25)30-17)29-19-15(11-28-21(18(19)24)35(27,33)34)22(32)31-9-7-13(8-10-31)12-1-3-14(26)4-2-12/h1-6,11,13H,7-10H2,(H,28,29)(H2,27,33,34). The van der Waals surface area contributed by atoms with Crippen molar-refractivity contribution in [3.63, 3.8) is 0 Å². The first-order valence-electron chi connectivity index (χ1n) is 10.4. The molecule has 2 aromatic heterocycles. The molecule has 1 amide bonds. The third-order valence-corrected chi connectivity index (χ3v) is 7.51. The Kier molecular flexibility index (Phi) is 7.48. The van der Waals surface area contributed by atoms with E-state index in [4.69, 9.17) is 39.9 Å². The number of carbonyl (C=O) groups excluding carboxylic acids is 1. The second kappa shape index (κ2) is 10.2. The SMILES string of the molecule is NS(=O)(=O)c1ncc(C(=O)N2CCC(c3ccc(F)cc3)CC2)c(Nc2ccc(Cl)nc2Cl)c1Cl. The second-order valence-electron chi connectivity index (χ2n) is 7.93.